The Bertz CT molecular complexity index is 653. The van der Waals surface area contributed by atoms with Crippen molar-refractivity contribution in [1.29, 1.82) is 0 Å². The molecule has 6 heteroatoms. The summed E-state index contributed by atoms with van der Waals surface area (Å²) in [5.41, 5.74) is 1.36. The lowest BCUT2D eigenvalue weighted by molar-refractivity contribution is -0.128. The summed E-state index contributed by atoms with van der Waals surface area (Å²) in [5.74, 6) is 0.263. The molecule has 6 nitrogen and oxygen atoms in total. The fourth-order valence-electron chi connectivity index (χ4n) is 3.03. The van der Waals surface area contributed by atoms with Crippen LogP contribution in [-0.2, 0) is 14.4 Å². The van der Waals surface area contributed by atoms with E-state index in [0.29, 0.717) is 42.7 Å². The third-order valence-electron chi connectivity index (χ3n) is 4.20. The van der Waals surface area contributed by atoms with Crippen LogP contribution in [0.5, 0.6) is 0 Å². The maximum Gasteiger partial charge on any atom is 0.229 e. The van der Waals surface area contributed by atoms with Crippen molar-refractivity contribution in [3.8, 4) is 0 Å². The van der Waals surface area contributed by atoms with Gasteiger partial charge in [0.15, 0.2) is 0 Å². The zero-order valence-corrected chi connectivity index (χ0v) is 16.0. The molecule has 2 N–H and O–H groups in total. The SMILES string of the molecule is CC(C)CC(=O)Nc1ccc(NC(=O)C2CC(=O)N(CC(C)C)C2)cc1. The molecule has 1 heterocycles. The van der Waals surface area contributed by atoms with Gasteiger partial charge >= 0.3 is 0 Å². The standard InChI is InChI=1S/C20H29N3O3/c1-13(2)9-18(24)21-16-5-7-17(8-6-16)22-20(26)15-10-19(25)23(12-15)11-14(3)4/h5-8,13-15H,9-12H2,1-4H3,(H,21,24)(H,22,26). The molecule has 26 heavy (non-hydrogen) atoms. The number of benzene rings is 1. The van der Waals surface area contributed by atoms with E-state index in [9.17, 15) is 14.4 Å². The molecule has 0 aromatic heterocycles. The van der Waals surface area contributed by atoms with E-state index in [1.807, 2.05) is 13.8 Å². The first-order chi connectivity index (χ1) is 12.2. The summed E-state index contributed by atoms with van der Waals surface area (Å²) < 4.78 is 0. The summed E-state index contributed by atoms with van der Waals surface area (Å²) in [6, 6.07) is 7.04. The second-order valence-electron chi connectivity index (χ2n) is 7.81. The van der Waals surface area contributed by atoms with Gasteiger partial charge in [-0.1, -0.05) is 27.7 Å². The number of carbonyl (C=O) groups excluding carboxylic acids is 3. The van der Waals surface area contributed by atoms with Gasteiger partial charge in [-0.15, -0.1) is 0 Å². The molecule has 0 saturated carbocycles. The normalized spacial score (nSPS) is 17.1. The van der Waals surface area contributed by atoms with E-state index in [4.69, 9.17) is 0 Å². The van der Waals surface area contributed by atoms with E-state index in [0.717, 1.165) is 0 Å². The van der Waals surface area contributed by atoms with Crippen LogP contribution in [0.1, 0.15) is 40.5 Å². The van der Waals surface area contributed by atoms with Crippen LogP contribution < -0.4 is 10.6 Å². The van der Waals surface area contributed by atoms with Crippen molar-refractivity contribution >= 4 is 29.1 Å². The largest absolute Gasteiger partial charge is 0.342 e. The molecule has 0 bridgehead atoms. The molecule has 1 atom stereocenters. The smallest absolute Gasteiger partial charge is 0.229 e. The number of carbonyl (C=O) groups is 3. The number of likely N-dealkylation sites (tertiary alicyclic amines) is 1. The lowest BCUT2D eigenvalue weighted by Gasteiger charge is -2.18. The zero-order valence-electron chi connectivity index (χ0n) is 16.0. The highest BCUT2D eigenvalue weighted by atomic mass is 16.2. The predicted octanol–water partition coefficient (Wildman–Crippen LogP) is 3.11. The highest BCUT2D eigenvalue weighted by Gasteiger charge is 2.34. The second kappa shape index (κ2) is 8.83. The van der Waals surface area contributed by atoms with E-state index < -0.39 is 0 Å². The van der Waals surface area contributed by atoms with Gasteiger partial charge in [0.1, 0.15) is 0 Å². The highest BCUT2D eigenvalue weighted by Crippen LogP contribution is 2.22. The first-order valence-corrected chi connectivity index (χ1v) is 9.23. The maximum atomic E-state index is 12.4. The van der Waals surface area contributed by atoms with Gasteiger partial charge in [-0.3, -0.25) is 14.4 Å². The van der Waals surface area contributed by atoms with Crippen LogP contribution in [0.15, 0.2) is 24.3 Å². The summed E-state index contributed by atoms with van der Waals surface area (Å²) in [4.78, 5) is 38.0. The highest BCUT2D eigenvalue weighted by molar-refractivity contribution is 5.97. The van der Waals surface area contributed by atoms with Crippen molar-refractivity contribution in [2.24, 2.45) is 17.8 Å². The molecule has 1 aliphatic rings. The van der Waals surface area contributed by atoms with Gasteiger partial charge in [-0.2, -0.15) is 0 Å². The maximum absolute atomic E-state index is 12.4. The molecule has 0 aliphatic carbocycles. The molecule has 2 rings (SSSR count). The second-order valence-corrected chi connectivity index (χ2v) is 7.81. The van der Waals surface area contributed by atoms with E-state index in [-0.39, 0.29) is 30.1 Å². The van der Waals surface area contributed by atoms with Gasteiger partial charge in [-0.25, -0.2) is 0 Å². The number of amides is 3. The first-order valence-electron chi connectivity index (χ1n) is 9.23. The third kappa shape index (κ3) is 5.86. The van der Waals surface area contributed by atoms with Crippen LogP contribution in [0.4, 0.5) is 11.4 Å². The summed E-state index contributed by atoms with van der Waals surface area (Å²) in [7, 11) is 0. The number of anilines is 2. The van der Waals surface area contributed by atoms with Gasteiger partial charge in [0.05, 0.1) is 5.92 Å². The Morgan fingerprint density at radius 2 is 1.62 bits per heavy atom. The summed E-state index contributed by atoms with van der Waals surface area (Å²) in [6.07, 6.45) is 0.739. The molecule has 1 saturated heterocycles. The van der Waals surface area contributed by atoms with Gasteiger partial charge < -0.3 is 15.5 Å². The Hall–Kier alpha value is -2.37. The van der Waals surface area contributed by atoms with Crippen molar-refractivity contribution < 1.29 is 14.4 Å². The quantitative estimate of drug-likeness (QED) is 0.785. The number of rotatable bonds is 7. The third-order valence-corrected chi connectivity index (χ3v) is 4.20. The van der Waals surface area contributed by atoms with Gasteiger partial charge in [0.2, 0.25) is 17.7 Å². The Morgan fingerprint density at radius 3 is 2.15 bits per heavy atom. The van der Waals surface area contributed by atoms with Crippen molar-refractivity contribution in [2.45, 2.75) is 40.5 Å². The van der Waals surface area contributed by atoms with Crippen molar-refractivity contribution in [1.82, 2.24) is 4.90 Å². The fraction of sp³-hybridized carbons (Fsp3) is 0.550. The molecule has 142 valence electrons. The fourth-order valence-corrected chi connectivity index (χ4v) is 3.03. The monoisotopic (exact) mass is 359 g/mol. The van der Waals surface area contributed by atoms with Crippen molar-refractivity contribution in [2.75, 3.05) is 23.7 Å². The van der Waals surface area contributed by atoms with E-state index >= 15 is 0 Å². The molecule has 0 spiro atoms. The Morgan fingerprint density at radius 1 is 1.04 bits per heavy atom. The minimum Gasteiger partial charge on any atom is -0.342 e. The van der Waals surface area contributed by atoms with E-state index in [1.165, 1.54) is 0 Å². The summed E-state index contributed by atoms with van der Waals surface area (Å²) >= 11 is 0. The molecular formula is C20H29N3O3. The zero-order chi connectivity index (χ0) is 19.3. The molecule has 1 aromatic carbocycles. The molecule has 0 radical (unpaired) electrons. The van der Waals surface area contributed by atoms with Crippen LogP contribution in [0.3, 0.4) is 0 Å². The number of nitrogens with one attached hydrogen (secondary N) is 2. The average molecular weight is 359 g/mol. The molecular weight excluding hydrogens is 330 g/mol. The topological polar surface area (TPSA) is 78.5 Å². The first kappa shape index (κ1) is 19.9. The van der Waals surface area contributed by atoms with Crippen LogP contribution in [-0.4, -0.2) is 35.7 Å². The molecule has 1 aliphatic heterocycles. The minimum atomic E-state index is -0.313. The number of hydrogen-bond acceptors (Lipinski definition) is 3. The van der Waals surface area contributed by atoms with E-state index in [2.05, 4.69) is 24.5 Å². The van der Waals surface area contributed by atoms with Crippen molar-refractivity contribution in [3.05, 3.63) is 24.3 Å². The summed E-state index contributed by atoms with van der Waals surface area (Å²) in [5, 5.41) is 5.70. The minimum absolute atomic E-state index is 0.0218. The molecule has 1 fully saturated rings. The van der Waals surface area contributed by atoms with Crippen LogP contribution in [0.25, 0.3) is 0 Å². The van der Waals surface area contributed by atoms with Gasteiger partial charge in [0, 0.05) is 37.3 Å². The lowest BCUT2D eigenvalue weighted by Crippen LogP contribution is -2.31. The van der Waals surface area contributed by atoms with Gasteiger partial charge in [0.25, 0.3) is 0 Å². The summed E-state index contributed by atoms with van der Waals surface area (Å²) in [6.45, 7) is 9.27. The van der Waals surface area contributed by atoms with Crippen LogP contribution in [0.2, 0.25) is 0 Å². The molecule has 3 amide bonds. The Labute approximate surface area is 155 Å². The molecule has 1 unspecified atom stereocenters. The van der Waals surface area contributed by atoms with Gasteiger partial charge in [-0.05, 0) is 36.1 Å². The van der Waals surface area contributed by atoms with Crippen LogP contribution >= 0.6 is 0 Å². The van der Waals surface area contributed by atoms with Crippen LogP contribution in [0, 0.1) is 17.8 Å². The predicted molar refractivity (Wildman–Crippen MR) is 103 cm³/mol. The lowest BCUT2D eigenvalue weighted by atomic mass is 10.1. The molecule has 1 aromatic rings. The Kier molecular flexibility index (Phi) is 6.77. The number of nitrogens with zero attached hydrogens (tertiary/aromatic N) is 1. The Balaban J connectivity index is 1.88. The van der Waals surface area contributed by atoms with E-state index in [1.54, 1.807) is 29.2 Å². The average Bonchev–Trinajstić information content (AvgIpc) is 2.89. The van der Waals surface area contributed by atoms with Crippen molar-refractivity contribution in [3.63, 3.8) is 0 Å². The number of hydrogen-bond donors (Lipinski definition) is 2.